The number of hydrazone groups is 1. The van der Waals surface area contributed by atoms with Crippen LogP contribution in [-0.2, 0) is 0 Å². The van der Waals surface area contributed by atoms with Crippen LogP contribution in [0, 0.1) is 5.92 Å². The monoisotopic (exact) mass is 312 g/mol. The number of rotatable bonds is 6. The first-order chi connectivity index (χ1) is 11.1. The van der Waals surface area contributed by atoms with Crippen molar-refractivity contribution in [3.8, 4) is 11.5 Å². The summed E-state index contributed by atoms with van der Waals surface area (Å²) in [7, 11) is 0. The predicted octanol–water partition coefficient (Wildman–Crippen LogP) is 3.19. The minimum atomic E-state index is -0.462. The molecule has 0 aliphatic rings. The number of benzene rings is 2. The van der Waals surface area contributed by atoms with Crippen LogP contribution in [0.2, 0.25) is 0 Å². The first-order valence-corrected chi connectivity index (χ1v) is 7.40. The summed E-state index contributed by atoms with van der Waals surface area (Å²) in [6, 6.07) is 13.7. The van der Waals surface area contributed by atoms with Crippen molar-refractivity contribution < 1.29 is 14.6 Å². The molecule has 0 atom stereocenters. The maximum absolute atomic E-state index is 11.9. The Labute approximate surface area is 135 Å². The minimum Gasteiger partial charge on any atom is -0.507 e. The number of ether oxygens (including phenoxy) is 1. The molecule has 0 spiro atoms. The molecule has 2 aromatic rings. The lowest BCUT2D eigenvalue weighted by atomic mass is 10.2. The second kappa shape index (κ2) is 7.98. The third kappa shape index (κ3) is 5.14. The molecule has 23 heavy (non-hydrogen) atoms. The molecule has 0 saturated heterocycles. The van der Waals surface area contributed by atoms with Crippen LogP contribution in [0.4, 0.5) is 0 Å². The van der Waals surface area contributed by atoms with Crippen LogP contribution in [0.3, 0.4) is 0 Å². The Kier molecular flexibility index (Phi) is 5.74. The molecular formula is C18H20N2O3. The molecule has 2 aromatic carbocycles. The summed E-state index contributed by atoms with van der Waals surface area (Å²) in [5.41, 5.74) is 3.40. The Bertz CT molecular complexity index is 679. The summed E-state index contributed by atoms with van der Waals surface area (Å²) in [6.45, 7) is 4.85. The van der Waals surface area contributed by atoms with Gasteiger partial charge in [-0.25, -0.2) is 5.43 Å². The molecule has 120 valence electrons. The van der Waals surface area contributed by atoms with Crippen molar-refractivity contribution in [2.75, 3.05) is 6.61 Å². The summed E-state index contributed by atoms with van der Waals surface area (Å²) in [6.07, 6.45) is 1.53. The fourth-order valence-electron chi connectivity index (χ4n) is 1.80. The zero-order chi connectivity index (χ0) is 16.7. The van der Waals surface area contributed by atoms with E-state index in [1.165, 1.54) is 18.3 Å². The number of amides is 1. The van der Waals surface area contributed by atoms with Crippen LogP contribution >= 0.6 is 0 Å². The third-order valence-electron chi connectivity index (χ3n) is 2.99. The molecule has 2 N–H and O–H groups in total. The standard InChI is InChI=1S/C18H20N2O3/c1-13(2)12-23-15-9-7-14(8-10-15)11-19-20-18(22)16-5-3-4-6-17(16)21/h3-11,13,21H,12H2,1-2H3,(H,20,22)/b19-11-. The van der Waals surface area contributed by atoms with E-state index in [4.69, 9.17) is 4.74 Å². The number of hydrogen-bond acceptors (Lipinski definition) is 4. The van der Waals surface area contributed by atoms with Gasteiger partial charge in [0.2, 0.25) is 0 Å². The smallest absolute Gasteiger partial charge is 0.275 e. The van der Waals surface area contributed by atoms with Crippen LogP contribution in [0.1, 0.15) is 29.8 Å². The van der Waals surface area contributed by atoms with Gasteiger partial charge in [-0.1, -0.05) is 26.0 Å². The van der Waals surface area contributed by atoms with Crippen molar-refractivity contribution in [2.24, 2.45) is 11.0 Å². The van der Waals surface area contributed by atoms with Gasteiger partial charge in [-0.05, 0) is 47.9 Å². The van der Waals surface area contributed by atoms with Crippen molar-refractivity contribution in [1.29, 1.82) is 0 Å². The van der Waals surface area contributed by atoms with E-state index >= 15 is 0 Å². The molecule has 5 nitrogen and oxygen atoms in total. The van der Waals surface area contributed by atoms with E-state index in [1.807, 2.05) is 24.3 Å². The molecule has 0 aliphatic carbocycles. The van der Waals surface area contributed by atoms with Gasteiger partial charge in [0.1, 0.15) is 11.5 Å². The zero-order valence-electron chi connectivity index (χ0n) is 13.2. The average molecular weight is 312 g/mol. The molecular weight excluding hydrogens is 292 g/mol. The molecule has 2 rings (SSSR count). The van der Waals surface area contributed by atoms with Gasteiger partial charge < -0.3 is 9.84 Å². The summed E-state index contributed by atoms with van der Waals surface area (Å²) in [4.78, 5) is 11.9. The van der Waals surface area contributed by atoms with Gasteiger partial charge in [-0.15, -0.1) is 0 Å². The molecule has 0 bridgehead atoms. The molecule has 5 heteroatoms. The fraction of sp³-hybridized carbons (Fsp3) is 0.222. The number of aromatic hydroxyl groups is 1. The molecule has 0 saturated carbocycles. The van der Waals surface area contributed by atoms with Crippen molar-refractivity contribution in [2.45, 2.75) is 13.8 Å². The molecule has 0 unspecified atom stereocenters. The first kappa shape index (κ1) is 16.5. The summed E-state index contributed by atoms with van der Waals surface area (Å²) in [5.74, 6) is 0.734. The quantitative estimate of drug-likeness (QED) is 0.635. The Morgan fingerprint density at radius 3 is 2.57 bits per heavy atom. The molecule has 1 amide bonds. The lowest BCUT2D eigenvalue weighted by Gasteiger charge is -2.08. The highest BCUT2D eigenvalue weighted by atomic mass is 16.5. The van der Waals surface area contributed by atoms with E-state index in [0.717, 1.165) is 11.3 Å². The van der Waals surface area contributed by atoms with E-state index in [2.05, 4.69) is 24.4 Å². The molecule has 0 heterocycles. The molecule has 0 fully saturated rings. The minimum absolute atomic E-state index is 0.0770. The van der Waals surface area contributed by atoms with Crippen molar-refractivity contribution >= 4 is 12.1 Å². The van der Waals surface area contributed by atoms with Gasteiger partial charge in [0.25, 0.3) is 5.91 Å². The van der Waals surface area contributed by atoms with Gasteiger partial charge in [0, 0.05) is 0 Å². The highest BCUT2D eigenvalue weighted by Gasteiger charge is 2.08. The van der Waals surface area contributed by atoms with Crippen LogP contribution in [0.5, 0.6) is 11.5 Å². The second-order valence-electron chi connectivity index (χ2n) is 5.49. The Morgan fingerprint density at radius 1 is 1.22 bits per heavy atom. The van der Waals surface area contributed by atoms with E-state index in [-0.39, 0.29) is 11.3 Å². The van der Waals surface area contributed by atoms with Gasteiger partial charge in [-0.3, -0.25) is 4.79 Å². The summed E-state index contributed by atoms with van der Waals surface area (Å²) >= 11 is 0. The van der Waals surface area contributed by atoms with Crippen LogP contribution in [0.25, 0.3) is 0 Å². The number of nitrogens with one attached hydrogen (secondary N) is 1. The molecule has 0 aromatic heterocycles. The summed E-state index contributed by atoms with van der Waals surface area (Å²) < 4.78 is 5.59. The second-order valence-corrected chi connectivity index (χ2v) is 5.49. The zero-order valence-corrected chi connectivity index (χ0v) is 13.2. The fourth-order valence-corrected chi connectivity index (χ4v) is 1.80. The van der Waals surface area contributed by atoms with E-state index in [9.17, 15) is 9.90 Å². The van der Waals surface area contributed by atoms with E-state index in [1.54, 1.807) is 12.1 Å². The van der Waals surface area contributed by atoms with Crippen molar-refractivity contribution in [3.63, 3.8) is 0 Å². The Balaban J connectivity index is 1.90. The van der Waals surface area contributed by atoms with Gasteiger partial charge >= 0.3 is 0 Å². The average Bonchev–Trinajstić information content (AvgIpc) is 2.54. The summed E-state index contributed by atoms with van der Waals surface area (Å²) in [5, 5.41) is 13.5. The topological polar surface area (TPSA) is 70.9 Å². The van der Waals surface area contributed by atoms with Gasteiger partial charge in [0.05, 0.1) is 18.4 Å². The highest BCUT2D eigenvalue weighted by molar-refractivity contribution is 5.97. The van der Waals surface area contributed by atoms with Crippen molar-refractivity contribution in [3.05, 3.63) is 59.7 Å². The van der Waals surface area contributed by atoms with Gasteiger partial charge in [0.15, 0.2) is 0 Å². The lowest BCUT2D eigenvalue weighted by Crippen LogP contribution is -2.17. The number of nitrogens with zero attached hydrogens (tertiary/aromatic N) is 1. The number of phenolic OH excluding ortho intramolecular Hbond substituents is 1. The number of hydrogen-bond donors (Lipinski definition) is 2. The predicted molar refractivity (Wildman–Crippen MR) is 89.9 cm³/mol. The van der Waals surface area contributed by atoms with Crippen molar-refractivity contribution in [1.82, 2.24) is 5.43 Å². The third-order valence-corrected chi connectivity index (χ3v) is 2.99. The van der Waals surface area contributed by atoms with Gasteiger partial charge in [-0.2, -0.15) is 5.10 Å². The highest BCUT2D eigenvalue weighted by Crippen LogP contribution is 2.15. The van der Waals surface area contributed by atoms with Crippen LogP contribution in [0.15, 0.2) is 53.6 Å². The maximum Gasteiger partial charge on any atom is 0.275 e. The first-order valence-electron chi connectivity index (χ1n) is 7.40. The van der Waals surface area contributed by atoms with E-state index < -0.39 is 5.91 Å². The molecule has 0 aliphatic heterocycles. The Hall–Kier alpha value is -2.82. The number of carbonyl (C=O) groups is 1. The van der Waals surface area contributed by atoms with E-state index in [0.29, 0.717) is 12.5 Å². The number of para-hydroxylation sites is 1. The lowest BCUT2D eigenvalue weighted by molar-refractivity contribution is 0.0952. The number of carbonyl (C=O) groups excluding carboxylic acids is 1. The maximum atomic E-state index is 11.9. The number of phenols is 1. The SMILES string of the molecule is CC(C)COc1ccc(/C=N\NC(=O)c2ccccc2O)cc1. The largest absolute Gasteiger partial charge is 0.507 e. The van der Waals surface area contributed by atoms with Crippen LogP contribution in [-0.4, -0.2) is 23.8 Å². The van der Waals surface area contributed by atoms with Crippen LogP contribution < -0.4 is 10.2 Å². The Morgan fingerprint density at radius 2 is 1.91 bits per heavy atom. The normalized spacial score (nSPS) is 10.9. The molecule has 0 radical (unpaired) electrons.